The Morgan fingerprint density at radius 1 is 0.964 bits per heavy atom. The van der Waals surface area contributed by atoms with Crippen LogP contribution in [-0.4, -0.2) is 18.7 Å². The standard InChI is InChI=1S/C22H23NO3.C2H6/c1-15-21(23-22(26-15)17-7-9-19(24-2)10-8-17)12-13-25-20-11-6-16-4-3-5-18(16)14-20;1-2/h6-11,14H,3-5,12-13H2,1-2H3;1-2H3. The van der Waals surface area contributed by atoms with Crippen molar-refractivity contribution in [1.29, 1.82) is 0 Å². The number of hydrogen-bond acceptors (Lipinski definition) is 4. The second kappa shape index (κ2) is 9.45. The molecule has 28 heavy (non-hydrogen) atoms. The smallest absolute Gasteiger partial charge is 0.226 e. The van der Waals surface area contributed by atoms with Gasteiger partial charge in [0.1, 0.15) is 17.3 Å². The number of fused-ring (bicyclic) bond motifs is 1. The third kappa shape index (κ3) is 4.56. The van der Waals surface area contributed by atoms with E-state index in [1.54, 1.807) is 7.11 Å². The second-order valence-corrected chi connectivity index (χ2v) is 6.63. The minimum absolute atomic E-state index is 0.591. The van der Waals surface area contributed by atoms with Crippen LogP contribution in [0.2, 0.25) is 0 Å². The van der Waals surface area contributed by atoms with Crippen LogP contribution in [0.4, 0.5) is 0 Å². The minimum atomic E-state index is 0.591. The zero-order valence-electron chi connectivity index (χ0n) is 17.2. The van der Waals surface area contributed by atoms with Gasteiger partial charge in [-0.3, -0.25) is 0 Å². The van der Waals surface area contributed by atoms with Crippen molar-refractivity contribution < 1.29 is 13.9 Å². The molecule has 4 nitrogen and oxygen atoms in total. The van der Waals surface area contributed by atoms with Crippen LogP contribution in [0, 0.1) is 6.92 Å². The molecule has 0 saturated heterocycles. The Balaban J connectivity index is 0.00000109. The summed E-state index contributed by atoms with van der Waals surface area (Å²) in [5, 5.41) is 0. The normalized spacial score (nSPS) is 12.1. The van der Waals surface area contributed by atoms with E-state index >= 15 is 0 Å². The van der Waals surface area contributed by atoms with E-state index in [0.29, 0.717) is 12.5 Å². The van der Waals surface area contributed by atoms with Gasteiger partial charge in [0.15, 0.2) is 0 Å². The molecule has 1 aliphatic rings. The first-order valence-corrected chi connectivity index (χ1v) is 10.1. The first-order valence-electron chi connectivity index (χ1n) is 10.1. The molecule has 2 aromatic carbocycles. The van der Waals surface area contributed by atoms with Crippen molar-refractivity contribution >= 4 is 0 Å². The third-order valence-electron chi connectivity index (χ3n) is 4.91. The van der Waals surface area contributed by atoms with E-state index < -0.39 is 0 Å². The van der Waals surface area contributed by atoms with Crippen molar-refractivity contribution in [1.82, 2.24) is 4.98 Å². The van der Waals surface area contributed by atoms with Crippen molar-refractivity contribution in [3.8, 4) is 23.0 Å². The highest BCUT2D eigenvalue weighted by atomic mass is 16.5. The Morgan fingerprint density at radius 2 is 1.68 bits per heavy atom. The predicted octanol–water partition coefficient (Wildman–Crippen LogP) is 5.80. The summed E-state index contributed by atoms with van der Waals surface area (Å²) in [5.74, 6) is 3.24. The molecule has 4 rings (SSSR count). The van der Waals surface area contributed by atoms with Gasteiger partial charge in [0.25, 0.3) is 0 Å². The molecule has 1 aromatic heterocycles. The molecular weight excluding hydrogens is 350 g/mol. The van der Waals surface area contributed by atoms with E-state index in [0.717, 1.165) is 34.9 Å². The Morgan fingerprint density at radius 3 is 2.43 bits per heavy atom. The van der Waals surface area contributed by atoms with Gasteiger partial charge in [-0.2, -0.15) is 0 Å². The topological polar surface area (TPSA) is 44.5 Å². The molecule has 1 aliphatic carbocycles. The SMILES string of the molecule is CC.COc1ccc(-c2nc(CCOc3ccc4c(c3)CCC4)c(C)o2)cc1. The fourth-order valence-electron chi connectivity index (χ4n) is 3.42. The van der Waals surface area contributed by atoms with E-state index in [-0.39, 0.29) is 0 Å². The van der Waals surface area contributed by atoms with Crippen molar-refractivity contribution in [3.05, 3.63) is 65.0 Å². The van der Waals surface area contributed by atoms with E-state index in [1.807, 2.05) is 45.0 Å². The van der Waals surface area contributed by atoms with Crippen LogP contribution in [0.15, 0.2) is 46.9 Å². The average Bonchev–Trinajstić information content (AvgIpc) is 3.36. The van der Waals surface area contributed by atoms with E-state index in [2.05, 4.69) is 23.2 Å². The molecule has 3 aromatic rings. The van der Waals surface area contributed by atoms with Gasteiger partial charge in [-0.05, 0) is 73.7 Å². The molecule has 0 saturated carbocycles. The molecule has 148 valence electrons. The number of benzene rings is 2. The molecular formula is C24H29NO3. The van der Waals surface area contributed by atoms with Gasteiger partial charge in [0.2, 0.25) is 5.89 Å². The Kier molecular flexibility index (Phi) is 6.75. The van der Waals surface area contributed by atoms with Crippen molar-refractivity contribution in [2.75, 3.05) is 13.7 Å². The van der Waals surface area contributed by atoms with Gasteiger partial charge in [0.05, 0.1) is 19.4 Å². The summed E-state index contributed by atoms with van der Waals surface area (Å²) < 4.78 is 17.0. The molecule has 4 heteroatoms. The number of nitrogens with zero attached hydrogens (tertiary/aromatic N) is 1. The highest BCUT2D eigenvalue weighted by Gasteiger charge is 2.13. The van der Waals surface area contributed by atoms with Gasteiger partial charge in [-0.1, -0.05) is 19.9 Å². The second-order valence-electron chi connectivity index (χ2n) is 6.63. The Bertz CT molecular complexity index is 897. The molecule has 0 amide bonds. The number of oxazole rings is 1. The van der Waals surface area contributed by atoms with Gasteiger partial charge in [-0.15, -0.1) is 0 Å². The first-order chi connectivity index (χ1) is 13.7. The molecule has 0 bridgehead atoms. The van der Waals surface area contributed by atoms with Gasteiger partial charge < -0.3 is 13.9 Å². The zero-order chi connectivity index (χ0) is 19.9. The maximum atomic E-state index is 5.94. The van der Waals surface area contributed by atoms with Crippen LogP contribution in [0.1, 0.15) is 42.8 Å². The number of rotatable bonds is 6. The highest BCUT2D eigenvalue weighted by Crippen LogP contribution is 2.27. The molecule has 0 N–H and O–H groups in total. The van der Waals surface area contributed by atoms with Crippen LogP contribution >= 0.6 is 0 Å². The lowest BCUT2D eigenvalue weighted by Gasteiger charge is -2.07. The number of aromatic nitrogens is 1. The van der Waals surface area contributed by atoms with E-state index in [9.17, 15) is 0 Å². The fourth-order valence-corrected chi connectivity index (χ4v) is 3.42. The monoisotopic (exact) mass is 379 g/mol. The van der Waals surface area contributed by atoms with Gasteiger partial charge in [-0.25, -0.2) is 4.98 Å². The summed E-state index contributed by atoms with van der Waals surface area (Å²) in [6.45, 7) is 6.54. The quantitative estimate of drug-likeness (QED) is 0.543. The van der Waals surface area contributed by atoms with E-state index in [4.69, 9.17) is 13.9 Å². The highest BCUT2D eigenvalue weighted by molar-refractivity contribution is 5.55. The molecule has 0 fully saturated rings. The maximum absolute atomic E-state index is 5.94. The van der Waals surface area contributed by atoms with Crippen LogP contribution < -0.4 is 9.47 Å². The summed E-state index contributed by atoms with van der Waals surface area (Å²) in [6.07, 6.45) is 4.34. The largest absolute Gasteiger partial charge is 0.497 e. The van der Waals surface area contributed by atoms with Crippen molar-refractivity contribution in [2.24, 2.45) is 0 Å². The summed E-state index contributed by atoms with van der Waals surface area (Å²) in [5.41, 5.74) is 4.78. The summed E-state index contributed by atoms with van der Waals surface area (Å²) in [6, 6.07) is 14.2. The average molecular weight is 380 g/mol. The fraction of sp³-hybridized carbons (Fsp3) is 0.375. The zero-order valence-corrected chi connectivity index (χ0v) is 17.2. The lowest BCUT2D eigenvalue weighted by molar-refractivity contribution is 0.319. The van der Waals surface area contributed by atoms with E-state index in [1.165, 1.54) is 30.4 Å². The number of ether oxygens (including phenoxy) is 2. The van der Waals surface area contributed by atoms with Crippen molar-refractivity contribution in [2.45, 2.75) is 46.5 Å². The maximum Gasteiger partial charge on any atom is 0.226 e. The molecule has 0 radical (unpaired) electrons. The number of hydrogen-bond donors (Lipinski definition) is 0. The van der Waals surface area contributed by atoms with Gasteiger partial charge >= 0.3 is 0 Å². The Hall–Kier alpha value is -2.75. The predicted molar refractivity (Wildman–Crippen MR) is 112 cm³/mol. The van der Waals surface area contributed by atoms with Crippen LogP contribution in [0.25, 0.3) is 11.5 Å². The minimum Gasteiger partial charge on any atom is -0.497 e. The summed E-state index contributed by atoms with van der Waals surface area (Å²) >= 11 is 0. The lowest BCUT2D eigenvalue weighted by atomic mass is 10.1. The molecule has 0 unspecified atom stereocenters. The van der Waals surface area contributed by atoms with Crippen molar-refractivity contribution in [3.63, 3.8) is 0 Å². The summed E-state index contributed by atoms with van der Waals surface area (Å²) in [7, 11) is 1.66. The molecule has 0 spiro atoms. The van der Waals surface area contributed by atoms with Crippen LogP contribution in [0.5, 0.6) is 11.5 Å². The Labute approximate surface area is 167 Å². The number of methoxy groups -OCH3 is 1. The van der Waals surface area contributed by atoms with Gasteiger partial charge in [0, 0.05) is 12.0 Å². The molecule has 1 heterocycles. The van der Waals surface area contributed by atoms with Crippen LogP contribution in [0.3, 0.4) is 0 Å². The summed E-state index contributed by atoms with van der Waals surface area (Å²) in [4.78, 5) is 4.64. The molecule has 0 atom stereocenters. The number of aryl methyl sites for hydroxylation is 3. The first kappa shape index (κ1) is 20.0. The third-order valence-corrected chi connectivity index (χ3v) is 4.91. The van der Waals surface area contributed by atoms with Crippen LogP contribution in [-0.2, 0) is 19.3 Å². The lowest BCUT2D eigenvalue weighted by Crippen LogP contribution is -2.03. The molecule has 0 aliphatic heterocycles.